The molecule has 0 heterocycles. The molecule has 0 aliphatic carbocycles. The molecule has 4 nitrogen and oxygen atoms in total. The van der Waals surface area contributed by atoms with Gasteiger partial charge in [0.25, 0.3) is 0 Å². The van der Waals surface area contributed by atoms with Crippen molar-refractivity contribution >= 4 is 5.97 Å². The first-order valence-corrected chi connectivity index (χ1v) is 3.15. The van der Waals surface area contributed by atoms with E-state index in [1.54, 1.807) is 0 Å². The first-order valence-electron chi connectivity index (χ1n) is 3.15. The lowest BCUT2D eigenvalue weighted by Crippen LogP contribution is -2.15. The highest BCUT2D eigenvalue weighted by atomic mass is 16.4. The highest BCUT2D eigenvalue weighted by Crippen LogP contribution is 1.66. The molecule has 0 rings (SSSR count). The molecular weight excluding hydrogens is 146 g/mol. The average Bonchev–Trinajstić information content (AvgIpc) is 1.89. The second-order valence-corrected chi connectivity index (χ2v) is 2.07. The predicted molar refractivity (Wildman–Crippen MR) is 43.5 cm³/mol. The summed E-state index contributed by atoms with van der Waals surface area (Å²) in [5.41, 5.74) is 0. The van der Waals surface area contributed by atoms with Gasteiger partial charge in [0.1, 0.15) is 0 Å². The number of rotatable bonds is 3. The number of nitrogens with zero attached hydrogens (tertiary/aromatic N) is 1. The Hall–Kier alpha value is -0.870. The Kier molecular flexibility index (Phi) is 10.6. The van der Waals surface area contributed by atoms with Crippen LogP contribution < -0.4 is 0 Å². The molecule has 0 saturated carbocycles. The molecule has 0 atom stereocenters. The molecule has 0 spiro atoms. The molecule has 11 heavy (non-hydrogen) atoms. The standard InChI is InChI=1S/C4H11NO.C3H4O2/c1-5(2)3-4-6;1-2-3(4)5/h6H,3-4H2,1-2H3;2H,1H2,(H,4,5). The Morgan fingerprint density at radius 3 is 2.00 bits per heavy atom. The van der Waals surface area contributed by atoms with Crippen molar-refractivity contribution in [3.05, 3.63) is 12.7 Å². The van der Waals surface area contributed by atoms with Crippen LogP contribution in [-0.2, 0) is 4.79 Å². The zero-order valence-corrected chi connectivity index (χ0v) is 6.95. The maximum atomic E-state index is 9.25. The smallest absolute Gasteiger partial charge is 0.327 e. The lowest BCUT2D eigenvalue weighted by Gasteiger charge is -2.03. The first-order chi connectivity index (χ1) is 5.04. The minimum absolute atomic E-state index is 0.257. The minimum atomic E-state index is -0.981. The fraction of sp³-hybridized carbons (Fsp3) is 0.571. The number of carboxylic acid groups (broad SMARTS) is 1. The summed E-state index contributed by atoms with van der Waals surface area (Å²) in [5.74, 6) is -0.981. The molecule has 0 aromatic carbocycles. The van der Waals surface area contributed by atoms with Crippen LogP contribution in [0.3, 0.4) is 0 Å². The molecule has 0 saturated heterocycles. The van der Waals surface area contributed by atoms with Crippen molar-refractivity contribution in [2.75, 3.05) is 27.2 Å². The molecule has 66 valence electrons. The molecule has 0 bridgehead atoms. The number of hydrogen-bond donors (Lipinski definition) is 2. The topological polar surface area (TPSA) is 60.8 Å². The van der Waals surface area contributed by atoms with Gasteiger partial charge in [-0.25, -0.2) is 4.79 Å². The van der Waals surface area contributed by atoms with Crippen LogP contribution in [0.25, 0.3) is 0 Å². The molecular formula is C7H15NO3. The van der Waals surface area contributed by atoms with E-state index in [0.717, 1.165) is 12.6 Å². The van der Waals surface area contributed by atoms with E-state index in [1.807, 2.05) is 19.0 Å². The van der Waals surface area contributed by atoms with Gasteiger partial charge in [0.2, 0.25) is 0 Å². The van der Waals surface area contributed by atoms with Gasteiger partial charge in [-0.1, -0.05) is 6.58 Å². The summed E-state index contributed by atoms with van der Waals surface area (Å²) in [7, 11) is 3.85. The monoisotopic (exact) mass is 161 g/mol. The van der Waals surface area contributed by atoms with Crippen LogP contribution in [0.5, 0.6) is 0 Å². The van der Waals surface area contributed by atoms with E-state index in [4.69, 9.17) is 10.2 Å². The second kappa shape index (κ2) is 9.13. The van der Waals surface area contributed by atoms with Gasteiger partial charge < -0.3 is 15.1 Å². The van der Waals surface area contributed by atoms with Gasteiger partial charge in [0.15, 0.2) is 0 Å². The van der Waals surface area contributed by atoms with Gasteiger partial charge in [-0.2, -0.15) is 0 Å². The zero-order valence-electron chi connectivity index (χ0n) is 6.95. The fourth-order valence-corrected chi connectivity index (χ4v) is 0.200. The Bertz CT molecular complexity index is 112. The van der Waals surface area contributed by atoms with Gasteiger partial charge in [-0.15, -0.1) is 0 Å². The summed E-state index contributed by atoms with van der Waals surface area (Å²) in [6, 6.07) is 0. The Labute approximate surface area is 66.8 Å². The predicted octanol–water partition coefficient (Wildman–Crippen LogP) is -0.203. The summed E-state index contributed by atoms with van der Waals surface area (Å²) in [5, 5.41) is 15.8. The van der Waals surface area contributed by atoms with Gasteiger partial charge >= 0.3 is 5.97 Å². The fourth-order valence-electron chi connectivity index (χ4n) is 0.200. The zero-order chi connectivity index (χ0) is 9.28. The normalized spacial score (nSPS) is 8.36. The molecule has 0 aliphatic heterocycles. The number of hydrogen-bond acceptors (Lipinski definition) is 3. The third kappa shape index (κ3) is 27.2. The second-order valence-electron chi connectivity index (χ2n) is 2.07. The van der Waals surface area contributed by atoms with E-state index in [0.29, 0.717) is 0 Å². The molecule has 0 amide bonds. The molecule has 0 unspecified atom stereocenters. The van der Waals surface area contributed by atoms with Gasteiger partial charge in [-0.3, -0.25) is 0 Å². The van der Waals surface area contributed by atoms with Gasteiger partial charge in [0, 0.05) is 12.6 Å². The Morgan fingerprint density at radius 2 is 2.00 bits per heavy atom. The average molecular weight is 161 g/mol. The number of carboxylic acids is 1. The third-order valence-corrected chi connectivity index (χ3v) is 0.722. The molecule has 0 aromatic heterocycles. The maximum absolute atomic E-state index is 9.25. The van der Waals surface area contributed by atoms with E-state index < -0.39 is 5.97 Å². The van der Waals surface area contributed by atoms with E-state index in [9.17, 15) is 4.79 Å². The van der Waals surface area contributed by atoms with Crippen LogP contribution in [-0.4, -0.2) is 48.3 Å². The van der Waals surface area contributed by atoms with E-state index in [-0.39, 0.29) is 6.61 Å². The quantitative estimate of drug-likeness (QED) is 0.563. The summed E-state index contributed by atoms with van der Waals surface area (Å²) in [6.45, 7) is 3.98. The SMILES string of the molecule is C=CC(=O)O.CN(C)CCO. The van der Waals surface area contributed by atoms with Crippen molar-refractivity contribution in [2.45, 2.75) is 0 Å². The maximum Gasteiger partial charge on any atom is 0.327 e. The van der Waals surface area contributed by atoms with Crippen molar-refractivity contribution in [1.82, 2.24) is 4.90 Å². The lowest BCUT2D eigenvalue weighted by molar-refractivity contribution is -0.131. The molecule has 0 fully saturated rings. The van der Waals surface area contributed by atoms with Crippen LogP contribution in [0.4, 0.5) is 0 Å². The van der Waals surface area contributed by atoms with Crippen molar-refractivity contribution < 1.29 is 15.0 Å². The van der Waals surface area contributed by atoms with Crippen LogP contribution in [0, 0.1) is 0 Å². The number of likely N-dealkylation sites (N-methyl/N-ethyl adjacent to an activating group) is 1. The van der Waals surface area contributed by atoms with Crippen LogP contribution in [0.1, 0.15) is 0 Å². The van der Waals surface area contributed by atoms with Crippen LogP contribution in [0.15, 0.2) is 12.7 Å². The molecule has 0 aliphatic rings. The van der Waals surface area contributed by atoms with Crippen molar-refractivity contribution in [1.29, 1.82) is 0 Å². The number of carbonyl (C=O) groups is 1. The van der Waals surface area contributed by atoms with Gasteiger partial charge in [-0.05, 0) is 14.1 Å². The van der Waals surface area contributed by atoms with Crippen LogP contribution in [0.2, 0.25) is 0 Å². The summed E-state index contributed by atoms with van der Waals surface area (Å²) in [6.07, 6.45) is 0.833. The van der Waals surface area contributed by atoms with E-state index in [1.165, 1.54) is 0 Å². The summed E-state index contributed by atoms with van der Waals surface area (Å²) >= 11 is 0. The van der Waals surface area contributed by atoms with E-state index in [2.05, 4.69) is 6.58 Å². The largest absolute Gasteiger partial charge is 0.478 e. The number of aliphatic hydroxyl groups is 1. The van der Waals surface area contributed by atoms with Crippen molar-refractivity contribution in [3.63, 3.8) is 0 Å². The highest BCUT2D eigenvalue weighted by Gasteiger charge is 1.80. The van der Waals surface area contributed by atoms with Crippen LogP contribution >= 0.6 is 0 Å². The summed E-state index contributed by atoms with van der Waals surface area (Å²) in [4.78, 5) is 11.2. The Balaban J connectivity index is 0. The lowest BCUT2D eigenvalue weighted by atomic mass is 10.6. The molecule has 4 heteroatoms. The van der Waals surface area contributed by atoms with Gasteiger partial charge in [0.05, 0.1) is 6.61 Å². The van der Waals surface area contributed by atoms with Crippen molar-refractivity contribution in [3.8, 4) is 0 Å². The Morgan fingerprint density at radius 1 is 1.64 bits per heavy atom. The number of aliphatic hydroxyl groups excluding tert-OH is 1. The first kappa shape index (κ1) is 12.8. The number of aliphatic carboxylic acids is 1. The summed E-state index contributed by atoms with van der Waals surface area (Å²) < 4.78 is 0. The molecule has 0 aromatic rings. The minimum Gasteiger partial charge on any atom is -0.478 e. The third-order valence-electron chi connectivity index (χ3n) is 0.722. The van der Waals surface area contributed by atoms with E-state index >= 15 is 0 Å². The highest BCUT2D eigenvalue weighted by molar-refractivity contribution is 5.78. The molecule has 0 radical (unpaired) electrons. The molecule has 2 N–H and O–H groups in total. The van der Waals surface area contributed by atoms with Crippen molar-refractivity contribution in [2.24, 2.45) is 0 Å².